The van der Waals surface area contributed by atoms with Crippen LogP contribution < -0.4 is 4.74 Å². The number of carbonyl (C=O) groups excluding carboxylic acids is 3. The summed E-state index contributed by atoms with van der Waals surface area (Å²) in [6, 6.07) is 12.9. The highest BCUT2D eigenvalue weighted by Crippen LogP contribution is 2.45. The van der Waals surface area contributed by atoms with Gasteiger partial charge in [0.15, 0.2) is 0 Å². The van der Waals surface area contributed by atoms with Crippen molar-refractivity contribution in [2.75, 3.05) is 13.7 Å². The van der Waals surface area contributed by atoms with Gasteiger partial charge in [-0.2, -0.15) is 0 Å². The number of nitrogens with zero attached hydrogens (tertiary/aromatic N) is 3. The van der Waals surface area contributed by atoms with Gasteiger partial charge in [0.25, 0.3) is 0 Å². The first-order valence-electron chi connectivity index (χ1n) is 11.7. The van der Waals surface area contributed by atoms with Gasteiger partial charge in [-0.3, -0.25) is 24.3 Å². The minimum absolute atomic E-state index is 0.0171. The van der Waals surface area contributed by atoms with Crippen LogP contribution in [0.4, 0.5) is 0 Å². The molecule has 2 atom stereocenters. The van der Waals surface area contributed by atoms with Crippen molar-refractivity contribution in [2.24, 2.45) is 0 Å². The maximum Gasteiger partial charge on any atom is 0.241 e. The summed E-state index contributed by atoms with van der Waals surface area (Å²) in [5.41, 5.74) is 0.400. The molecule has 1 saturated carbocycles. The maximum absolute atomic E-state index is 13.8. The highest BCUT2D eigenvalue weighted by Gasteiger charge is 2.57. The van der Waals surface area contributed by atoms with Crippen LogP contribution in [0.2, 0.25) is 0 Å². The van der Waals surface area contributed by atoms with Crippen LogP contribution in [-0.4, -0.2) is 52.2 Å². The van der Waals surface area contributed by atoms with Crippen LogP contribution >= 0.6 is 0 Å². The third-order valence-electron chi connectivity index (χ3n) is 7.21. The molecule has 172 valence electrons. The van der Waals surface area contributed by atoms with Crippen LogP contribution in [-0.2, 0) is 19.8 Å². The van der Waals surface area contributed by atoms with E-state index < -0.39 is 5.41 Å². The molecule has 7 nitrogen and oxygen atoms in total. The van der Waals surface area contributed by atoms with Gasteiger partial charge in [-0.1, -0.05) is 18.2 Å². The highest BCUT2D eigenvalue weighted by molar-refractivity contribution is 6.11. The Labute approximate surface area is 193 Å². The average molecular weight is 448 g/mol. The molecular formula is C26H29N3O4. The van der Waals surface area contributed by atoms with Gasteiger partial charge in [0.05, 0.1) is 24.3 Å². The van der Waals surface area contributed by atoms with Gasteiger partial charge in [0.1, 0.15) is 5.75 Å². The van der Waals surface area contributed by atoms with Crippen molar-refractivity contribution in [3.8, 4) is 5.75 Å². The molecule has 0 bridgehead atoms. The van der Waals surface area contributed by atoms with Gasteiger partial charge < -0.3 is 9.64 Å². The molecule has 33 heavy (non-hydrogen) atoms. The fourth-order valence-electron chi connectivity index (χ4n) is 5.31. The molecule has 1 aromatic heterocycles. The van der Waals surface area contributed by atoms with Gasteiger partial charge >= 0.3 is 0 Å². The van der Waals surface area contributed by atoms with Crippen molar-refractivity contribution in [2.45, 2.75) is 62.4 Å². The number of methoxy groups -OCH3 is 1. The molecular weight excluding hydrogens is 418 g/mol. The molecule has 0 N–H and O–H groups in total. The summed E-state index contributed by atoms with van der Waals surface area (Å²) in [7, 11) is 1.58. The van der Waals surface area contributed by atoms with Crippen molar-refractivity contribution >= 4 is 17.7 Å². The lowest BCUT2D eigenvalue weighted by molar-refractivity contribution is -0.144. The Balaban J connectivity index is 1.48. The standard InChI is InChI=1S/C26H29N3O4/c1-33-20-12-8-18(9-13-20)26(17-24(31)29(25(26)32)19-10-11-19)16-23(30)28-15-5-3-7-22(28)21-6-2-4-14-27-21/h2,4,6,8-9,12-14,19,22H,3,5,7,10-11,15-17H2,1H3/t22-,26+/m0/s1. The van der Waals surface area contributed by atoms with E-state index in [0.717, 1.165) is 37.8 Å². The van der Waals surface area contributed by atoms with Crippen molar-refractivity contribution in [1.82, 2.24) is 14.8 Å². The molecule has 7 heteroatoms. The van der Waals surface area contributed by atoms with E-state index in [-0.39, 0.29) is 42.6 Å². The third kappa shape index (κ3) is 3.90. The molecule has 1 aliphatic carbocycles. The zero-order chi connectivity index (χ0) is 23.0. The van der Waals surface area contributed by atoms with E-state index in [0.29, 0.717) is 17.9 Å². The lowest BCUT2D eigenvalue weighted by Crippen LogP contribution is -2.46. The van der Waals surface area contributed by atoms with E-state index in [1.807, 2.05) is 35.2 Å². The first-order valence-corrected chi connectivity index (χ1v) is 11.7. The summed E-state index contributed by atoms with van der Waals surface area (Å²) in [5, 5.41) is 0. The predicted octanol–water partition coefficient (Wildman–Crippen LogP) is 3.39. The first-order chi connectivity index (χ1) is 16.0. The molecule has 0 radical (unpaired) electrons. The van der Waals surface area contributed by atoms with Crippen molar-refractivity contribution in [3.63, 3.8) is 0 Å². The topological polar surface area (TPSA) is 79.8 Å². The molecule has 0 spiro atoms. The van der Waals surface area contributed by atoms with E-state index in [1.54, 1.807) is 25.4 Å². The number of benzene rings is 1. The molecule has 2 saturated heterocycles. The number of carbonyl (C=O) groups is 3. The Morgan fingerprint density at radius 2 is 1.88 bits per heavy atom. The largest absolute Gasteiger partial charge is 0.497 e. The zero-order valence-corrected chi connectivity index (χ0v) is 18.9. The average Bonchev–Trinajstić information content (AvgIpc) is 3.65. The van der Waals surface area contributed by atoms with E-state index >= 15 is 0 Å². The number of pyridine rings is 1. The predicted molar refractivity (Wildman–Crippen MR) is 121 cm³/mol. The molecule has 1 aromatic carbocycles. The van der Waals surface area contributed by atoms with Crippen LogP contribution in [0.3, 0.4) is 0 Å². The quantitative estimate of drug-likeness (QED) is 0.634. The van der Waals surface area contributed by atoms with Crippen molar-refractivity contribution in [1.29, 1.82) is 0 Å². The second kappa shape index (κ2) is 8.61. The summed E-state index contributed by atoms with van der Waals surface area (Å²) >= 11 is 0. The summed E-state index contributed by atoms with van der Waals surface area (Å²) in [6.45, 7) is 0.632. The van der Waals surface area contributed by atoms with Crippen LogP contribution in [0.1, 0.15) is 62.2 Å². The first kappa shape index (κ1) is 21.6. The summed E-state index contributed by atoms with van der Waals surface area (Å²) < 4.78 is 5.28. The number of aromatic nitrogens is 1. The fraction of sp³-hybridized carbons (Fsp3) is 0.462. The van der Waals surface area contributed by atoms with Crippen LogP contribution in [0.25, 0.3) is 0 Å². The van der Waals surface area contributed by atoms with E-state index in [9.17, 15) is 14.4 Å². The lowest BCUT2D eigenvalue weighted by Gasteiger charge is -2.38. The van der Waals surface area contributed by atoms with Crippen LogP contribution in [0.15, 0.2) is 48.7 Å². The molecule has 3 heterocycles. The van der Waals surface area contributed by atoms with E-state index in [1.165, 1.54) is 4.90 Å². The number of hydrogen-bond acceptors (Lipinski definition) is 5. The Morgan fingerprint density at radius 3 is 2.55 bits per heavy atom. The van der Waals surface area contributed by atoms with E-state index in [2.05, 4.69) is 4.98 Å². The van der Waals surface area contributed by atoms with Crippen molar-refractivity contribution in [3.05, 3.63) is 59.9 Å². The molecule has 3 amide bonds. The molecule has 3 aliphatic rings. The normalized spacial score (nSPS) is 25.4. The molecule has 2 aliphatic heterocycles. The number of imide groups is 1. The Morgan fingerprint density at radius 1 is 1.09 bits per heavy atom. The Kier molecular flexibility index (Phi) is 5.64. The second-order valence-electron chi connectivity index (χ2n) is 9.32. The monoisotopic (exact) mass is 447 g/mol. The third-order valence-corrected chi connectivity index (χ3v) is 7.21. The minimum Gasteiger partial charge on any atom is -0.497 e. The van der Waals surface area contributed by atoms with Gasteiger partial charge in [-0.25, -0.2) is 0 Å². The molecule has 5 rings (SSSR count). The number of likely N-dealkylation sites (tertiary alicyclic amines) is 2. The minimum atomic E-state index is -1.17. The van der Waals surface area contributed by atoms with Gasteiger partial charge in [-0.05, 0) is 61.9 Å². The smallest absolute Gasteiger partial charge is 0.241 e. The second-order valence-corrected chi connectivity index (χ2v) is 9.32. The molecule has 3 fully saturated rings. The fourth-order valence-corrected chi connectivity index (χ4v) is 5.31. The Bertz CT molecular complexity index is 1050. The molecule has 2 aromatic rings. The molecule has 0 unspecified atom stereocenters. The van der Waals surface area contributed by atoms with Gasteiger partial charge in [0.2, 0.25) is 17.7 Å². The lowest BCUT2D eigenvalue weighted by atomic mass is 9.75. The van der Waals surface area contributed by atoms with Gasteiger partial charge in [0, 0.05) is 31.6 Å². The summed E-state index contributed by atoms with van der Waals surface area (Å²) in [4.78, 5) is 48.3. The summed E-state index contributed by atoms with van der Waals surface area (Å²) in [6.07, 6.45) is 6.25. The number of amides is 3. The zero-order valence-electron chi connectivity index (χ0n) is 18.9. The number of rotatable bonds is 6. The number of piperidine rings is 1. The highest BCUT2D eigenvalue weighted by atomic mass is 16.5. The van der Waals surface area contributed by atoms with Crippen LogP contribution in [0, 0.1) is 0 Å². The van der Waals surface area contributed by atoms with Gasteiger partial charge in [-0.15, -0.1) is 0 Å². The van der Waals surface area contributed by atoms with Crippen LogP contribution in [0.5, 0.6) is 5.75 Å². The number of ether oxygens (including phenoxy) is 1. The number of hydrogen-bond donors (Lipinski definition) is 0. The Hall–Kier alpha value is -3.22. The summed E-state index contributed by atoms with van der Waals surface area (Å²) in [5.74, 6) is 0.160. The van der Waals surface area contributed by atoms with E-state index in [4.69, 9.17) is 4.74 Å². The maximum atomic E-state index is 13.8. The SMILES string of the molecule is COc1ccc([C@@]2(CC(=O)N3CCCC[C@H]3c3ccccn3)CC(=O)N(C3CC3)C2=O)cc1. The van der Waals surface area contributed by atoms with Crippen molar-refractivity contribution < 1.29 is 19.1 Å².